The minimum Gasteiger partial charge on any atom is -0.497 e. The highest BCUT2D eigenvalue weighted by Crippen LogP contribution is 2.65. The van der Waals surface area contributed by atoms with E-state index in [1.165, 1.54) is 17.9 Å². The van der Waals surface area contributed by atoms with Crippen molar-refractivity contribution in [1.29, 1.82) is 0 Å². The Bertz CT molecular complexity index is 1210. The monoisotopic (exact) mass is 466 g/mol. The summed E-state index contributed by atoms with van der Waals surface area (Å²) >= 11 is 0. The topological polar surface area (TPSA) is 119 Å². The molecule has 3 fully saturated rings. The van der Waals surface area contributed by atoms with E-state index in [1.54, 1.807) is 14.2 Å². The van der Waals surface area contributed by atoms with Gasteiger partial charge in [-0.25, -0.2) is 10.1 Å². The summed E-state index contributed by atoms with van der Waals surface area (Å²) < 4.78 is 12.1. The third-order valence-electron chi connectivity index (χ3n) is 8.31. The van der Waals surface area contributed by atoms with Crippen LogP contribution in [0.1, 0.15) is 31.2 Å². The van der Waals surface area contributed by atoms with Crippen molar-refractivity contribution in [2.24, 2.45) is 24.8 Å². The molecule has 10 heteroatoms. The number of nitrogens with one attached hydrogen (secondary N) is 4. The molecule has 2 aliphatic heterocycles. The van der Waals surface area contributed by atoms with Crippen molar-refractivity contribution in [3.05, 3.63) is 40.2 Å². The van der Waals surface area contributed by atoms with Crippen LogP contribution < -0.4 is 36.5 Å². The SMILES string of the molecule is COc1ccc2c(c1)[C@]1(C[C@H]1C1CCC3C(C1)NNC3Nc1nn(C)c(=O)cc1OC)C(=O)N2. The number of hydrogen-bond donors (Lipinski definition) is 4. The Balaban J connectivity index is 1.16. The van der Waals surface area contributed by atoms with Gasteiger partial charge in [0.05, 0.1) is 31.9 Å². The van der Waals surface area contributed by atoms with Crippen LogP contribution in [-0.4, -0.2) is 42.1 Å². The van der Waals surface area contributed by atoms with E-state index in [1.807, 2.05) is 18.2 Å². The van der Waals surface area contributed by atoms with Crippen LogP contribution in [-0.2, 0) is 17.3 Å². The molecule has 3 heterocycles. The van der Waals surface area contributed by atoms with E-state index < -0.39 is 5.41 Å². The number of hydrogen-bond acceptors (Lipinski definition) is 8. The minimum absolute atomic E-state index is 0.0298. The Morgan fingerprint density at radius 1 is 1.15 bits per heavy atom. The maximum atomic E-state index is 13.0. The van der Waals surface area contributed by atoms with Gasteiger partial charge in [-0.15, -0.1) is 5.10 Å². The van der Waals surface area contributed by atoms with Crippen LogP contribution in [0.15, 0.2) is 29.1 Å². The predicted molar refractivity (Wildman–Crippen MR) is 126 cm³/mol. The summed E-state index contributed by atoms with van der Waals surface area (Å²) in [7, 11) is 4.82. The molecule has 2 saturated carbocycles. The number of ether oxygens (including phenoxy) is 2. The van der Waals surface area contributed by atoms with E-state index in [0.717, 1.165) is 42.7 Å². The van der Waals surface area contributed by atoms with E-state index in [0.29, 0.717) is 35.4 Å². The number of aromatic nitrogens is 2. The second-order valence-corrected chi connectivity index (χ2v) is 9.92. The zero-order valence-electron chi connectivity index (χ0n) is 19.6. The zero-order valence-corrected chi connectivity index (χ0v) is 19.6. The number of nitrogens with zero attached hydrogens (tertiary/aromatic N) is 2. The number of methoxy groups -OCH3 is 2. The minimum atomic E-state index is -0.406. The smallest absolute Gasteiger partial charge is 0.270 e. The summed E-state index contributed by atoms with van der Waals surface area (Å²) in [4.78, 5) is 24.9. The lowest BCUT2D eigenvalue weighted by Gasteiger charge is -2.34. The highest BCUT2D eigenvalue weighted by Gasteiger charge is 2.67. The lowest BCUT2D eigenvalue weighted by molar-refractivity contribution is -0.118. The van der Waals surface area contributed by atoms with Crippen molar-refractivity contribution in [3.8, 4) is 11.5 Å². The number of carbonyl (C=O) groups is 1. The summed E-state index contributed by atoms with van der Waals surface area (Å²) in [5.74, 6) is 3.09. The van der Waals surface area contributed by atoms with Crippen LogP contribution in [0.5, 0.6) is 11.5 Å². The standard InChI is InChI=1S/C24H30N6O4/c1-30-20(31)10-19(34-3)22(29-30)26-21-14-6-4-12(8-18(14)27-28-21)16-11-24(16)15-9-13(33-2)5-7-17(15)25-23(24)32/h5,7,9-10,12,14,16,18,21,27-28H,4,6,8,11H2,1-3H3,(H,25,32)(H,26,29)/t12?,14?,16-,18?,21?,24-/m0/s1. The van der Waals surface area contributed by atoms with Crippen LogP contribution in [0, 0.1) is 17.8 Å². The van der Waals surface area contributed by atoms with E-state index in [2.05, 4.69) is 26.6 Å². The zero-order chi connectivity index (χ0) is 23.6. The first-order valence-electron chi connectivity index (χ1n) is 11.8. The Morgan fingerprint density at radius 2 is 2.00 bits per heavy atom. The van der Waals surface area contributed by atoms with E-state index in [-0.39, 0.29) is 17.6 Å². The summed E-state index contributed by atoms with van der Waals surface area (Å²) in [5, 5.41) is 10.9. The van der Waals surface area contributed by atoms with Gasteiger partial charge in [-0.2, -0.15) is 0 Å². The normalized spacial score (nSPS) is 33.3. The second kappa shape index (κ2) is 7.71. The molecule has 1 aromatic heterocycles. The molecule has 1 spiro atoms. The molecule has 0 radical (unpaired) electrons. The number of rotatable bonds is 5. The highest BCUT2D eigenvalue weighted by molar-refractivity contribution is 6.09. The summed E-state index contributed by atoms with van der Waals surface area (Å²) in [6.07, 6.45) is 3.97. The van der Waals surface area contributed by atoms with Crippen molar-refractivity contribution < 1.29 is 14.3 Å². The first-order valence-corrected chi connectivity index (χ1v) is 11.8. The molecule has 180 valence electrons. The van der Waals surface area contributed by atoms with Gasteiger partial charge in [0.25, 0.3) is 5.56 Å². The molecular weight excluding hydrogens is 436 g/mol. The van der Waals surface area contributed by atoms with Gasteiger partial charge in [0.2, 0.25) is 5.91 Å². The van der Waals surface area contributed by atoms with Gasteiger partial charge in [0, 0.05) is 24.7 Å². The average Bonchev–Trinajstić information content (AvgIpc) is 3.39. The molecule has 1 saturated heterocycles. The van der Waals surface area contributed by atoms with Crippen LogP contribution in [0.2, 0.25) is 0 Å². The summed E-state index contributed by atoms with van der Waals surface area (Å²) in [5.41, 5.74) is 8.23. The molecule has 4 unspecified atom stereocenters. The number of amides is 1. The molecule has 2 aliphatic carbocycles. The van der Waals surface area contributed by atoms with Gasteiger partial charge in [0.15, 0.2) is 11.6 Å². The Hall–Kier alpha value is -3.11. The van der Waals surface area contributed by atoms with Crippen LogP contribution in [0.4, 0.5) is 11.5 Å². The lowest BCUT2D eigenvalue weighted by atomic mass is 9.74. The van der Waals surface area contributed by atoms with Gasteiger partial charge in [-0.05, 0) is 61.3 Å². The maximum Gasteiger partial charge on any atom is 0.270 e. The van der Waals surface area contributed by atoms with Crippen molar-refractivity contribution in [1.82, 2.24) is 20.6 Å². The Kier molecular flexibility index (Phi) is 4.86. The Labute approximate surface area is 197 Å². The van der Waals surface area contributed by atoms with Crippen molar-refractivity contribution in [2.75, 3.05) is 24.9 Å². The molecule has 4 N–H and O–H groups in total. The number of anilines is 2. The summed E-state index contributed by atoms with van der Waals surface area (Å²) in [6, 6.07) is 7.62. The molecule has 2 aromatic rings. The van der Waals surface area contributed by atoms with Crippen LogP contribution in [0.25, 0.3) is 0 Å². The van der Waals surface area contributed by atoms with Gasteiger partial charge in [-0.3, -0.25) is 15.0 Å². The summed E-state index contributed by atoms with van der Waals surface area (Å²) in [6.45, 7) is 0. The molecule has 10 nitrogen and oxygen atoms in total. The van der Waals surface area contributed by atoms with Crippen LogP contribution >= 0.6 is 0 Å². The fourth-order valence-electron chi connectivity index (χ4n) is 6.44. The fourth-order valence-corrected chi connectivity index (χ4v) is 6.44. The molecule has 1 aromatic carbocycles. The predicted octanol–water partition coefficient (Wildman–Crippen LogP) is 1.34. The number of hydrazine groups is 1. The van der Waals surface area contributed by atoms with Gasteiger partial charge >= 0.3 is 0 Å². The molecule has 6 rings (SSSR count). The van der Waals surface area contributed by atoms with Gasteiger partial charge in [-0.1, -0.05) is 0 Å². The molecule has 0 bridgehead atoms. The number of aryl methyl sites for hydroxylation is 1. The van der Waals surface area contributed by atoms with E-state index in [9.17, 15) is 9.59 Å². The highest BCUT2D eigenvalue weighted by atomic mass is 16.5. The number of fused-ring (bicyclic) bond motifs is 3. The number of carbonyl (C=O) groups excluding carboxylic acids is 1. The molecule has 6 atom stereocenters. The third kappa shape index (κ3) is 3.12. The molecule has 4 aliphatic rings. The first kappa shape index (κ1) is 21.4. The fraction of sp³-hybridized carbons (Fsp3) is 0.542. The second-order valence-electron chi connectivity index (χ2n) is 9.92. The van der Waals surface area contributed by atoms with Crippen LogP contribution in [0.3, 0.4) is 0 Å². The maximum absolute atomic E-state index is 13.0. The van der Waals surface area contributed by atoms with E-state index >= 15 is 0 Å². The molecular formula is C24H30N6O4. The van der Waals surface area contributed by atoms with E-state index in [4.69, 9.17) is 9.47 Å². The van der Waals surface area contributed by atoms with Crippen molar-refractivity contribution >= 4 is 17.4 Å². The molecule has 34 heavy (non-hydrogen) atoms. The largest absolute Gasteiger partial charge is 0.497 e. The third-order valence-corrected chi connectivity index (χ3v) is 8.31. The quantitative estimate of drug-likeness (QED) is 0.521. The first-order chi connectivity index (χ1) is 16.4. The van der Waals surface area contributed by atoms with Gasteiger partial charge < -0.3 is 20.1 Å². The Morgan fingerprint density at radius 3 is 2.79 bits per heavy atom. The lowest BCUT2D eigenvalue weighted by Crippen LogP contribution is -2.39. The van der Waals surface area contributed by atoms with Crippen molar-refractivity contribution in [2.45, 2.75) is 43.3 Å². The molecule has 1 amide bonds. The van der Waals surface area contributed by atoms with Crippen molar-refractivity contribution in [3.63, 3.8) is 0 Å². The number of benzene rings is 1. The van der Waals surface area contributed by atoms with Gasteiger partial charge in [0.1, 0.15) is 5.75 Å². The average molecular weight is 467 g/mol.